The van der Waals surface area contributed by atoms with Crippen LogP contribution in [-0.2, 0) is 0 Å². The van der Waals surface area contributed by atoms with E-state index < -0.39 is 28.6 Å². The molecule has 0 unspecified atom stereocenters. The van der Waals surface area contributed by atoms with Gasteiger partial charge in [0.1, 0.15) is 17.2 Å². The van der Waals surface area contributed by atoms with Crippen molar-refractivity contribution in [3.63, 3.8) is 0 Å². The van der Waals surface area contributed by atoms with Crippen LogP contribution in [-0.4, -0.2) is 36.5 Å². The maximum atomic E-state index is 13.5. The quantitative estimate of drug-likeness (QED) is 0.891. The third kappa shape index (κ3) is 3.10. The van der Waals surface area contributed by atoms with Crippen molar-refractivity contribution in [3.8, 4) is 0 Å². The zero-order valence-electron chi connectivity index (χ0n) is 11.2. The van der Waals surface area contributed by atoms with Crippen LogP contribution in [0.4, 0.5) is 8.78 Å². The first-order valence-electron chi connectivity index (χ1n) is 6.36. The molecule has 19 heavy (non-hydrogen) atoms. The van der Waals surface area contributed by atoms with Gasteiger partial charge in [-0.3, -0.25) is 4.79 Å². The van der Waals surface area contributed by atoms with Crippen LogP contribution in [0, 0.1) is 11.6 Å². The normalized spacial score (nSPS) is 19.2. The molecular formula is C14H18F2N2O. The predicted octanol–water partition coefficient (Wildman–Crippen LogP) is 2.18. The molecule has 1 N–H and O–H groups in total. The van der Waals surface area contributed by atoms with Crippen molar-refractivity contribution in [1.29, 1.82) is 0 Å². The highest BCUT2D eigenvalue weighted by atomic mass is 19.1. The number of nitrogens with one attached hydrogen (secondary N) is 1. The van der Waals surface area contributed by atoms with Gasteiger partial charge >= 0.3 is 0 Å². The maximum Gasteiger partial charge on any atom is 0.257 e. The lowest BCUT2D eigenvalue weighted by Crippen LogP contribution is -2.52. The Kier molecular flexibility index (Phi) is 3.85. The summed E-state index contributed by atoms with van der Waals surface area (Å²) in [6.07, 6.45) is 1.54. The molecule has 1 aromatic rings. The van der Waals surface area contributed by atoms with E-state index in [1.807, 2.05) is 14.0 Å². The molecule has 0 saturated carbocycles. The molecule has 1 saturated heterocycles. The lowest BCUT2D eigenvalue weighted by molar-refractivity contribution is 0.0843. The minimum Gasteiger partial charge on any atom is -0.347 e. The summed E-state index contributed by atoms with van der Waals surface area (Å²) in [6, 6.07) is 3.43. The Morgan fingerprint density at radius 1 is 1.26 bits per heavy atom. The molecule has 3 nitrogen and oxygen atoms in total. The molecule has 0 aliphatic carbocycles. The zero-order chi connectivity index (χ0) is 14.0. The summed E-state index contributed by atoms with van der Waals surface area (Å²) in [5.41, 5.74) is -0.902. The average Bonchev–Trinajstić information content (AvgIpc) is 2.33. The van der Waals surface area contributed by atoms with E-state index in [-0.39, 0.29) is 0 Å². The number of hydrogen-bond acceptors (Lipinski definition) is 2. The van der Waals surface area contributed by atoms with Crippen molar-refractivity contribution in [2.24, 2.45) is 0 Å². The number of nitrogens with zero attached hydrogens (tertiary/aromatic N) is 1. The summed E-state index contributed by atoms with van der Waals surface area (Å²) >= 11 is 0. The molecule has 1 amide bonds. The summed E-state index contributed by atoms with van der Waals surface area (Å²) in [7, 11) is 2.01. The van der Waals surface area contributed by atoms with Crippen molar-refractivity contribution >= 4 is 5.91 Å². The largest absolute Gasteiger partial charge is 0.347 e. The first-order chi connectivity index (χ1) is 8.91. The maximum absolute atomic E-state index is 13.5. The van der Waals surface area contributed by atoms with Gasteiger partial charge in [0, 0.05) is 18.6 Å². The van der Waals surface area contributed by atoms with E-state index in [2.05, 4.69) is 10.2 Å². The van der Waals surface area contributed by atoms with Gasteiger partial charge in [0.15, 0.2) is 0 Å². The molecule has 0 atom stereocenters. The average molecular weight is 268 g/mol. The van der Waals surface area contributed by atoms with Crippen molar-refractivity contribution in [1.82, 2.24) is 10.2 Å². The Morgan fingerprint density at radius 2 is 1.79 bits per heavy atom. The summed E-state index contributed by atoms with van der Waals surface area (Å²) < 4.78 is 27.1. The number of hydrogen-bond donors (Lipinski definition) is 1. The molecule has 0 bridgehead atoms. The van der Waals surface area contributed by atoms with Crippen LogP contribution >= 0.6 is 0 Å². The number of benzene rings is 1. The van der Waals surface area contributed by atoms with Gasteiger partial charge in [-0.1, -0.05) is 6.07 Å². The van der Waals surface area contributed by atoms with Crippen molar-refractivity contribution in [2.75, 3.05) is 20.1 Å². The molecule has 1 heterocycles. The second kappa shape index (κ2) is 5.25. The highest BCUT2D eigenvalue weighted by Gasteiger charge is 2.32. The van der Waals surface area contributed by atoms with E-state index in [0.29, 0.717) is 0 Å². The molecule has 0 aromatic heterocycles. The molecule has 104 valence electrons. The van der Waals surface area contributed by atoms with Crippen LogP contribution in [0.5, 0.6) is 0 Å². The molecule has 1 aromatic carbocycles. The van der Waals surface area contributed by atoms with Crippen LogP contribution in [0.15, 0.2) is 18.2 Å². The monoisotopic (exact) mass is 268 g/mol. The first kappa shape index (κ1) is 13.9. The highest BCUT2D eigenvalue weighted by molar-refractivity contribution is 5.95. The van der Waals surface area contributed by atoms with E-state index >= 15 is 0 Å². The highest BCUT2D eigenvalue weighted by Crippen LogP contribution is 2.22. The van der Waals surface area contributed by atoms with Gasteiger partial charge in [-0.2, -0.15) is 0 Å². The number of carbonyl (C=O) groups is 1. The molecule has 0 radical (unpaired) electrons. The zero-order valence-corrected chi connectivity index (χ0v) is 11.2. The fourth-order valence-corrected chi connectivity index (χ4v) is 2.29. The Balaban J connectivity index is 2.13. The van der Waals surface area contributed by atoms with Gasteiger partial charge < -0.3 is 10.2 Å². The van der Waals surface area contributed by atoms with Gasteiger partial charge in [0.25, 0.3) is 5.91 Å². The van der Waals surface area contributed by atoms with Gasteiger partial charge in [-0.15, -0.1) is 0 Å². The van der Waals surface area contributed by atoms with Gasteiger partial charge in [0.05, 0.1) is 0 Å². The number of amides is 1. The van der Waals surface area contributed by atoms with Crippen molar-refractivity contribution in [2.45, 2.75) is 25.3 Å². The molecule has 5 heteroatoms. The Morgan fingerprint density at radius 3 is 2.32 bits per heavy atom. The van der Waals surface area contributed by atoms with E-state index in [1.165, 1.54) is 6.07 Å². The molecule has 2 rings (SSSR count). The van der Waals surface area contributed by atoms with E-state index in [0.717, 1.165) is 38.1 Å². The van der Waals surface area contributed by atoms with Crippen LogP contribution in [0.1, 0.15) is 30.1 Å². The van der Waals surface area contributed by atoms with E-state index in [9.17, 15) is 13.6 Å². The fourth-order valence-electron chi connectivity index (χ4n) is 2.29. The number of rotatable bonds is 2. The number of carbonyl (C=O) groups excluding carboxylic acids is 1. The lowest BCUT2D eigenvalue weighted by atomic mass is 9.89. The number of likely N-dealkylation sites (tertiary alicyclic amines) is 1. The second-order valence-electron chi connectivity index (χ2n) is 5.41. The fraction of sp³-hybridized carbons (Fsp3) is 0.500. The first-order valence-corrected chi connectivity index (χ1v) is 6.36. The molecule has 1 aliphatic rings. The Bertz CT molecular complexity index is 462. The second-order valence-corrected chi connectivity index (χ2v) is 5.41. The lowest BCUT2D eigenvalue weighted by Gasteiger charge is -2.38. The van der Waals surface area contributed by atoms with Gasteiger partial charge in [-0.05, 0) is 38.9 Å². The minimum atomic E-state index is -0.825. The van der Waals surface area contributed by atoms with E-state index in [1.54, 1.807) is 0 Å². The predicted molar refractivity (Wildman–Crippen MR) is 69.0 cm³/mol. The number of piperidine rings is 1. The third-order valence-electron chi connectivity index (χ3n) is 3.70. The molecular weight excluding hydrogens is 250 g/mol. The molecule has 1 aliphatic heterocycles. The number of halogens is 2. The van der Waals surface area contributed by atoms with Crippen LogP contribution in [0.2, 0.25) is 0 Å². The van der Waals surface area contributed by atoms with Gasteiger partial charge in [-0.25, -0.2) is 8.78 Å². The smallest absolute Gasteiger partial charge is 0.257 e. The molecule has 1 fully saturated rings. The minimum absolute atomic E-state index is 0.404. The molecule has 0 spiro atoms. The van der Waals surface area contributed by atoms with Gasteiger partial charge in [0.2, 0.25) is 0 Å². The summed E-state index contributed by atoms with van der Waals surface area (Å²) in [4.78, 5) is 14.2. The van der Waals surface area contributed by atoms with Crippen LogP contribution in [0.3, 0.4) is 0 Å². The summed E-state index contributed by atoms with van der Waals surface area (Å²) in [6.45, 7) is 3.63. The topological polar surface area (TPSA) is 32.3 Å². The third-order valence-corrected chi connectivity index (χ3v) is 3.70. The van der Waals surface area contributed by atoms with Crippen molar-refractivity contribution in [3.05, 3.63) is 35.4 Å². The Hall–Kier alpha value is -1.49. The van der Waals surface area contributed by atoms with E-state index in [4.69, 9.17) is 0 Å². The van der Waals surface area contributed by atoms with Crippen LogP contribution in [0.25, 0.3) is 0 Å². The standard InChI is InChI=1S/C14H18F2N2O/c1-14(6-8-18(2)9-7-14)17-13(19)12-10(15)4-3-5-11(12)16/h3-5H,6-9H2,1-2H3,(H,17,19). The Labute approximate surface area is 111 Å². The summed E-state index contributed by atoms with van der Waals surface area (Å²) in [5, 5.41) is 2.77. The van der Waals surface area contributed by atoms with Crippen LogP contribution < -0.4 is 5.32 Å². The summed E-state index contributed by atoms with van der Waals surface area (Å²) in [5.74, 6) is -2.33. The van der Waals surface area contributed by atoms with Crippen molar-refractivity contribution < 1.29 is 13.6 Å². The SMILES string of the molecule is CN1CCC(C)(NC(=O)c2c(F)cccc2F)CC1.